The van der Waals surface area contributed by atoms with Gasteiger partial charge in [-0.2, -0.15) is 0 Å². The Hall–Kier alpha value is -2.72. The van der Waals surface area contributed by atoms with E-state index in [1.165, 1.54) is 27.5 Å². The van der Waals surface area contributed by atoms with Crippen LogP contribution in [0.25, 0.3) is 10.8 Å². The molecule has 4 heteroatoms. The summed E-state index contributed by atoms with van der Waals surface area (Å²) in [4.78, 5) is 1.56. The van der Waals surface area contributed by atoms with E-state index in [9.17, 15) is 0 Å². The van der Waals surface area contributed by atoms with Crippen molar-refractivity contribution in [1.29, 1.82) is 0 Å². The van der Waals surface area contributed by atoms with Crippen molar-refractivity contribution in [2.24, 2.45) is 0 Å². The summed E-state index contributed by atoms with van der Waals surface area (Å²) < 4.78 is 16.5. The summed E-state index contributed by atoms with van der Waals surface area (Å²) in [5.41, 5.74) is 4.09. The van der Waals surface area contributed by atoms with Gasteiger partial charge < -0.3 is 19.1 Å². The molecule has 1 heterocycles. The number of rotatable bonds is 5. The predicted molar refractivity (Wildman–Crippen MR) is 107 cm³/mol. The SMILES string of the molecule is COc1cc2c(cc1OC)C[NH+](Cc1ccc(OC)c3ccccc13)CC2. The highest BCUT2D eigenvalue weighted by atomic mass is 16.5. The van der Waals surface area contributed by atoms with Crippen LogP contribution in [0.15, 0.2) is 48.5 Å². The lowest BCUT2D eigenvalue weighted by molar-refractivity contribution is -0.929. The molecule has 0 spiro atoms. The minimum Gasteiger partial charge on any atom is -0.496 e. The van der Waals surface area contributed by atoms with E-state index in [0.29, 0.717) is 0 Å². The topological polar surface area (TPSA) is 32.1 Å². The molecule has 0 amide bonds. The number of nitrogens with one attached hydrogen (secondary N) is 1. The zero-order chi connectivity index (χ0) is 18.8. The van der Waals surface area contributed by atoms with Crippen LogP contribution in [0.2, 0.25) is 0 Å². The van der Waals surface area contributed by atoms with Crippen LogP contribution in [-0.4, -0.2) is 27.9 Å². The molecular formula is C23H26NO3+. The molecule has 0 saturated carbocycles. The Labute approximate surface area is 160 Å². The van der Waals surface area contributed by atoms with Gasteiger partial charge in [-0.15, -0.1) is 0 Å². The number of ether oxygens (including phenoxy) is 3. The van der Waals surface area contributed by atoms with Crippen LogP contribution < -0.4 is 19.1 Å². The van der Waals surface area contributed by atoms with E-state index in [4.69, 9.17) is 14.2 Å². The number of hydrogen-bond acceptors (Lipinski definition) is 3. The molecule has 1 aliphatic heterocycles. The highest BCUT2D eigenvalue weighted by Crippen LogP contribution is 2.32. The fourth-order valence-electron chi connectivity index (χ4n) is 4.12. The van der Waals surface area contributed by atoms with Crippen LogP contribution in [0.1, 0.15) is 16.7 Å². The van der Waals surface area contributed by atoms with Gasteiger partial charge >= 0.3 is 0 Å². The predicted octanol–water partition coefficient (Wildman–Crippen LogP) is 3.01. The molecule has 1 unspecified atom stereocenters. The highest BCUT2D eigenvalue weighted by Gasteiger charge is 2.23. The third-order valence-electron chi connectivity index (χ3n) is 5.53. The van der Waals surface area contributed by atoms with Crippen LogP contribution >= 0.6 is 0 Å². The van der Waals surface area contributed by atoms with E-state index in [2.05, 4.69) is 48.5 Å². The number of benzene rings is 3. The van der Waals surface area contributed by atoms with Crippen LogP contribution in [0, 0.1) is 0 Å². The summed E-state index contributed by atoms with van der Waals surface area (Å²) in [6, 6.07) is 17.1. The van der Waals surface area contributed by atoms with Crippen molar-refractivity contribution in [3.63, 3.8) is 0 Å². The molecule has 27 heavy (non-hydrogen) atoms. The monoisotopic (exact) mass is 364 g/mol. The van der Waals surface area contributed by atoms with Crippen molar-refractivity contribution in [3.05, 3.63) is 65.2 Å². The summed E-state index contributed by atoms with van der Waals surface area (Å²) in [5.74, 6) is 2.57. The second kappa shape index (κ2) is 7.49. The Morgan fingerprint density at radius 1 is 0.778 bits per heavy atom. The first-order chi connectivity index (χ1) is 13.2. The zero-order valence-corrected chi connectivity index (χ0v) is 16.2. The summed E-state index contributed by atoms with van der Waals surface area (Å²) in [6.07, 6.45) is 1.05. The Morgan fingerprint density at radius 3 is 2.15 bits per heavy atom. The first kappa shape index (κ1) is 17.7. The summed E-state index contributed by atoms with van der Waals surface area (Å²) in [5, 5.41) is 2.46. The van der Waals surface area contributed by atoms with Gasteiger partial charge in [0.1, 0.15) is 18.8 Å². The third kappa shape index (κ3) is 3.33. The van der Waals surface area contributed by atoms with Crippen molar-refractivity contribution in [2.45, 2.75) is 19.5 Å². The maximum absolute atomic E-state index is 5.53. The van der Waals surface area contributed by atoms with Crippen molar-refractivity contribution in [2.75, 3.05) is 27.9 Å². The minimum absolute atomic E-state index is 0.812. The van der Waals surface area contributed by atoms with Gasteiger partial charge in [0.2, 0.25) is 0 Å². The largest absolute Gasteiger partial charge is 0.496 e. The molecule has 140 valence electrons. The average Bonchev–Trinajstić information content (AvgIpc) is 2.73. The molecule has 3 aromatic rings. The number of hydrogen-bond donors (Lipinski definition) is 1. The van der Waals surface area contributed by atoms with Gasteiger partial charge in [0.05, 0.1) is 27.9 Å². The van der Waals surface area contributed by atoms with Crippen LogP contribution in [-0.2, 0) is 19.5 Å². The smallest absolute Gasteiger partial charge is 0.161 e. The number of quaternary nitrogens is 1. The van der Waals surface area contributed by atoms with Crippen molar-refractivity contribution in [1.82, 2.24) is 0 Å². The molecular weight excluding hydrogens is 338 g/mol. The van der Waals surface area contributed by atoms with E-state index in [0.717, 1.165) is 43.3 Å². The van der Waals surface area contributed by atoms with Crippen molar-refractivity contribution < 1.29 is 19.1 Å². The second-order valence-corrected chi connectivity index (χ2v) is 7.05. The van der Waals surface area contributed by atoms with Gasteiger partial charge in [0, 0.05) is 22.9 Å². The van der Waals surface area contributed by atoms with Crippen LogP contribution in [0.3, 0.4) is 0 Å². The van der Waals surface area contributed by atoms with Gasteiger partial charge in [-0.1, -0.05) is 24.3 Å². The molecule has 0 saturated heterocycles. The lowest BCUT2D eigenvalue weighted by atomic mass is 9.97. The Kier molecular flexibility index (Phi) is 4.90. The molecule has 3 aromatic carbocycles. The lowest BCUT2D eigenvalue weighted by Crippen LogP contribution is -3.10. The van der Waals surface area contributed by atoms with E-state index in [-0.39, 0.29) is 0 Å². The maximum Gasteiger partial charge on any atom is 0.161 e. The molecule has 1 aliphatic rings. The summed E-state index contributed by atoms with van der Waals surface area (Å²) in [6.45, 7) is 3.11. The van der Waals surface area contributed by atoms with Crippen LogP contribution in [0.4, 0.5) is 0 Å². The third-order valence-corrected chi connectivity index (χ3v) is 5.53. The standard InChI is InChI=1S/C23H25NO3/c1-25-21-9-8-17(19-6-4-5-7-20(19)21)14-24-11-10-16-12-22(26-2)23(27-3)13-18(16)15-24/h4-9,12-13H,10-11,14-15H2,1-3H3/p+1. The fraction of sp³-hybridized carbons (Fsp3) is 0.304. The number of methoxy groups -OCH3 is 3. The zero-order valence-electron chi connectivity index (χ0n) is 16.2. The fourth-order valence-corrected chi connectivity index (χ4v) is 4.12. The first-order valence-corrected chi connectivity index (χ1v) is 9.35. The first-order valence-electron chi connectivity index (χ1n) is 9.35. The van der Waals surface area contributed by atoms with Gasteiger partial charge in [-0.25, -0.2) is 0 Å². The molecule has 4 nitrogen and oxygen atoms in total. The van der Waals surface area contributed by atoms with Gasteiger partial charge in [-0.3, -0.25) is 0 Å². The van der Waals surface area contributed by atoms with Crippen molar-refractivity contribution >= 4 is 10.8 Å². The Morgan fingerprint density at radius 2 is 1.44 bits per heavy atom. The van der Waals surface area contributed by atoms with Gasteiger partial charge in [0.15, 0.2) is 11.5 Å². The molecule has 0 fully saturated rings. The second-order valence-electron chi connectivity index (χ2n) is 7.05. The minimum atomic E-state index is 0.812. The van der Waals surface area contributed by atoms with Gasteiger partial charge in [0.25, 0.3) is 0 Å². The average molecular weight is 364 g/mol. The normalized spacial score (nSPS) is 16.0. The molecule has 4 rings (SSSR count). The quantitative estimate of drug-likeness (QED) is 0.755. The highest BCUT2D eigenvalue weighted by molar-refractivity contribution is 5.90. The Balaban J connectivity index is 1.61. The molecule has 0 radical (unpaired) electrons. The van der Waals surface area contributed by atoms with Crippen LogP contribution in [0.5, 0.6) is 17.2 Å². The molecule has 0 bridgehead atoms. The Bertz CT molecular complexity index is 967. The molecule has 1 atom stereocenters. The lowest BCUT2D eigenvalue weighted by Gasteiger charge is -2.27. The maximum atomic E-state index is 5.53. The summed E-state index contributed by atoms with van der Waals surface area (Å²) in [7, 11) is 5.12. The number of fused-ring (bicyclic) bond motifs is 2. The summed E-state index contributed by atoms with van der Waals surface area (Å²) >= 11 is 0. The van der Waals surface area contributed by atoms with E-state index in [1.807, 2.05) is 0 Å². The molecule has 0 aromatic heterocycles. The van der Waals surface area contributed by atoms with E-state index in [1.54, 1.807) is 26.2 Å². The van der Waals surface area contributed by atoms with Gasteiger partial charge in [-0.05, 0) is 35.2 Å². The molecule has 1 N–H and O–H groups in total. The van der Waals surface area contributed by atoms with E-state index >= 15 is 0 Å². The molecule has 0 aliphatic carbocycles. The van der Waals surface area contributed by atoms with Crippen molar-refractivity contribution in [3.8, 4) is 17.2 Å². The van der Waals surface area contributed by atoms with E-state index < -0.39 is 0 Å².